The highest BCUT2D eigenvalue weighted by Crippen LogP contribution is 2.08. The summed E-state index contributed by atoms with van der Waals surface area (Å²) >= 11 is 5.64. The Morgan fingerprint density at radius 2 is 1.86 bits per heavy atom. The molecule has 2 nitrogen and oxygen atoms in total. The molecule has 14 heavy (non-hydrogen) atoms. The molecule has 0 aliphatic rings. The second kappa shape index (κ2) is 5.66. The molecule has 0 aliphatic carbocycles. The quantitative estimate of drug-likeness (QED) is 0.567. The number of hydrogen-bond acceptors (Lipinski definition) is 2. The van der Waals surface area contributed by atoms with E-state index in [0.717, 1.165) is 11.1 Å². The molecule has 0 aliphatic heterocycles. The van der Waals surface area contributed by atoms with E-state index in [1.165, 1.54) is 0 Å². The van der Waals surface area contributed by atoms with Gasteiger partial charge in [-0.2, -0.15) is 0 Å². The highest BCUT2D eigenvalue weighted by molar-refractivity contribution is 6.17. The van der Waals surface area contributed by atoms with Gasteiger partial charge in [-0.15, -0.1) is 11.6 Å². The molecule has 0 atom stereocenters. The van der Waals surface area contributed by atoms with Crippen LogP contribution < -0.4 is 0 Å². The molecule has 0 N–H and O–H groups in total. The van der Waals surface area contributed by atoms with Gasteiger partial charge in [-0.1, -0.05) is 31.2 Å². The predicted octanol–water partition coefficient (Wildman–Crippen LogP) is 2.88. The number of hydrogen-bond donors (Lipinski definition) is 0. The van der Waals surface area contributed by atoms with Crippen LogP contribution >= 0.6 is 11.6 Å². The highest BCUT2D eigenvalue weighted by atomic mass is 35.5. The van der Waals surface area contributed by atoms with Crippen molar-refractivity contribution in [1.82, 2.24) is 0 Å². The van der Waals surface area contributed by atoms with Crippen LogP contribution in [0.4, 0.5) is 0 Å². The van der Waals surface area contributed by atoms with E-state index in [1.807, 2.05) is 24.3 Å². The third-order valence-electron chi connectivity index (χ3n) is 1.87. The zero-order valence-corrected chi connectivity index (χ0v) is 8.88. The summed E-state index contributed by atoms with van der Waals surface area (Å²) in [7, 11) is 0. The van der Waals surface area contributed by atoms with Crippen LogP contribution in [0.2, 0.25) is 0 Å². The number of alkyl halides is 1. The molecule has 0 amide bonds. The Bertz CT molecular complexity index is 293. The molecular formula is C11H13ClO2. The average molecular weight is 213 g/mol. The number of rotatable bonds is 4. The number of carbonyl (C=O) groups excluding carboxylic acids is 1. The van der Waals surface area contributed by atoms with Crippen LogP contribution in [0.3, 0.4) is 0 Å². The van der Waals surface area contributed by atoms with Crippen molar-refractivity contribution in [3.05, 3.63) is 35.4 Å². The first-order valence-corrected chi connectivity index (χ1v) is 5.09. The van der Waals surface area contributed by atoms with Crippen molar-refractivity contribution in [3.8, 4) is 0 Å². The summed E-state index contributed by atoms with van der Waals surface area (Å²) in [5, 5.41) is 0. The lowest BCUT2D eigenvalue weighted by molar-refractivity contribution is -0.144. The lowest BCUT2D eigenvalue weighted by atomic mass is 10.2. The van der Waals surface area contributed by atoms with Gasteiger partial charge in [-0.25, -0.2) is 0 Å². The van der Waals surface area contributed by atoms with Crippen LogP contribution in [-0.4, -0.2) is 5.97 Å². The maximum Gasteiger partial charge on any atom is 0.305 e. The number of ether oxygens (including phenoxy) is 1. The Morgan fingerprint density at radius 1 is 1.29 bits per heavy atom. The summed E-state index contributed by atoms with van der Waals surface area (Å²) < 4.78 is 4.98. The van der Waals surface area contributed by atoms with Gasteiger partial charge >= 0.3 is 5.97 Å². The van der Waals surface area contributed by atoms with E-state index in [9.17, 15) is 4.79 Å². The summed E-state index contributed by atoms with van der Waals surface area (Å²) in [6.07, 6.45) is 0.416. The molecule has 0 fully saturated rings. The first kappa shape index (κ1) is 11.1. The number of carbonyl (C=O) groups is 1. The molecule has 0 spiro atoms. The summed E-state index contributed by atoms with van der Waals surface area (Å²) in [5.74, 6) is 0.334. The fourth-order valence-electron chi connectivity index (χ4n) is 0.990. The third kappa shape index (κ3) is 3.38. The van der Waals surface area contributed by atoms with Crippen molar-refractivity contribution in [2.45, 2.75) is 25.8 Å². The van der Waals surface area contributed by atoms with Crippen molar-refractivity contribution in [2.24, 2.45) is 0 Å². The van der Waals surface area contributed by atoms with Crippen molar-refractivity contribution in [3.63, 3.8) is 0 Å². The molecule has 1 rings (SSSR count). The van der Waals surface area contributed by atoms with Crippen LogP contribution in [0, 0.1) is 0 Å². The maximum absolute atomic E-state index is 10.9. The van der Waals surface area contributed by atoms with Gasteiger partial charge in [-0.05, 0) is 11.1 Å². The minimum absolute atomic E-state index is 0.175. The molecule has 3 heteroatoms. The van der Waals surface area contributed by atoms with Gasteiger partial charge in [0.2, 0.25) is 0 Å². The summed E-state index contributed by atoms with van der Waals surface area (Å²) in [6.45, 7) is 2.12. The van der Waals surface area contributed by atoms with E-state index in [0.29, 0.717) is 18.9 Å². The summed E-state index contributed by atoms with van der Waals surface area (Å²) in [4.78, 5) is 10.9. The molecule has 0 saturated carbocycles. The minimum Gasteiger partial charge on any atom is -0.461 e. The zero-order chi connectivity index (χ0) is 10.4. The Hall–Kier alpha value is -1.02. The topological polar surface area (TPSA) is 26.3 Å². The normalized spacial score (nSPS) is 9.86. The van der Waals surface area contributed by atoms with Gasteiger partial charge in [0.15, 0.2) is 0 Å². The Morgan fingerprint density at radius 3 is 2.36 bits per heavy atom. The van der Waals surface area contributed by atoms with Crippen molar-refractivity contribution in [2.75, 3.05) is 0 Å². The smallest absolute Gasteiger partial charge is 0.305 e. The van der Waals surface area contributed by atoms with Gasteiger partial charge < -0.3 is 4.74 Å². The third-order valence-corrected chi connectivity index (χ3v) is 2.17. The monoisotopic (exact) mass is 212 g/mol. The molecule has 0 saturated heterocycles. The number of benzene rings is 1. The molecule has 1 aromatic rings. The van der Waals surface area contributed by atoms with Crippen LogP contribution in [0.5, 0.6) is 0 Å². The van der Waals surface area contributed by atoms with Crippen LogP contribution in [0.25, 0.3) is 0 Å². The Balaban J connectivity index is 2.47. The summed E-state index contributed by atoms with van der Waals surface area (Å²) in [6, 6.07) is 7.70. The summed E-state index contributed by atoms with van der Waals surface area (Å²) in [5.41, 5.74) is 2.05. The molecule has 0 radical (unpaired) electrons. The number of halogens is 1. The van der Waals surface area contributed by atoms with E-state index in [2.05, 4.69) is 0 Å². The Labute approximate surface area is 88.8 Å². The highest BCUT2D eigenvalue weighted by Gasteiger charge is 1.99. The predicted molar refractivity (Wildman–Crippen MR) is 56.1 cm³/mol. The molecule has 0 unspecified atom stereocenters. The van der Waals surface area contributed by atoms with Gasteiger partial charge in [0.25, 0.3) is 0 Å². The van der Waals surface area contributed by atoms with Gasteiger partial charge in [0.1, 0.15) is 6.61 Å². The molecule has 0 aromatic heterocycles. The van der Waals surface area contributed by atoms with E-state index in [-0.39, 0.29) is 5.97 Å². The Kier molecular flexibility index (Phi) is 4.47. The van der Waals surface area contributed by atoms with Crippen LogP contribution in [-0.2, 0) is 22.0 Å². The van der Waals surface area contributed by atoms with Gasteiger partial charge in [0, 0.05) is 12.3 Å². The van der Waals surface area contributed by atoms with Crippen molar-refractivity contribution < 1.29 is 9.53 Å². The lowest BCUT2D eigenvalue weighted by Crippen LogP contribution is -2.02. The van der Waals surface area contributed by atoms with Crippen molar-refractivity contribution >= 4 is 17.6 Å². The SMILES string of the molecule is CCC(=O)OCc1ccc(CCl)cc1. The largest absolute Gasteiger partial charge is 0.461 e. The average Bonchev–Trinajstić information content (AvgIpc) is 2.26. The van der Waals surface area contributed by atoms with Gasteiger partial charge in [-0.3, -0.25) is 4.79 Å². The van der Waals surface area contributed by atoms with E-state index >= 15 is 0 Å². The van der Waals surface area contributed by atoms with Crippen LogP contribution in [0.1, 0.15) is 24.5 Å². The number of esters is 1. The maximum atomic E-state index is 10.9. The molecular weight excluding hydrogens is 200 g/mol. The first-order valence-electron chi connectivity index (χ1n) is 4.55. The van der Waals surface area contributed by atoms with Crippen LogP contribution in [0.15, 0.2) is 24.3 Å². The van der Waals surface area contributed by atoms with E-state index in [4.69, 9.17) is 16.3 Å². The van der Waals surface area contributed by atoms with Crippen molar-refractivity contribution in [1.29, 1.82) is 0 Å². The molecule has 0 heterocycles. The molecule has 76 valence electrons. The first-order chi connectivity index (χ1) is 6.76. The molecule has 1 aromatic carbocycles. The zero-order valence-electron chi connectivity index (χ0n) is 8.13. The van der Waals surface area contributed by atoms with Gasteiger partial charge in [0.05, 0.1) is 0 Å². The second-order valence-electron chi connectivity index (χ2n) is 2.96. The fourth-order valence-corrected chi connectivity index (χ4v) is 1.17. The van der Waals surface area contributed by atoms with E-state index < -0.39 is 0 Å². The van der Waals surface area contributed by atoms with E-state index in [1.54, 1.807) is 6.92 Å². The second-order valence-corrected chi connectivity index (χ2v) is 3.23. The molecule has 0 bridgehead atoms. The fraction of sp³-hybridized carbons (Fsp3) is 0.364. The minimum atomic E-state index is -0.175. The lowest BCUT2D eigenvalue weighted by Gasteiger charge is -2.03. The standard InChI is InChI=1S/C11H13ClO2/c1-2-11(13)14-8-10-5-3-9(7-12)4-6-10/h3-6H,2,7-8H2,1H3.